The highest BCUT2D eigenvalue weighted by Gasteiger charge is 2.48. The number of hydrogen-bond donors (Lipinski definition) is 2. The number of likely N-dealkylation sites (tertiary alicyclic amines) is 1. The van der Waals surface area contributed by atoms with E-state index in [9.17, 15) is 14.4 Å². The van der Waals surface area contributed by atoms with Crippen molar-refractivity contribution in [3.05, 3.63) is 29.8 Å². The Morgan fingerprint density at radius 3 is 2.45 bits per heavy atom. The second kappa shape index (κ2) is 9.73. The van der Waals surface area contributed by atoms with Crippen LogP contribution in [0.2, 0.25) is 0 Å². The number of methoxy groups -OCH3 is 2. The summed E-state index contributed by atoms with van der Waals surface area (Å²) in [5, 5.41) is 2.78. The van der Waals surface area contributed by atoms with Crippen LogP contribution in [0.15, 0.2) is 24.3 Å². The van der Waals surface area contributed by atoms with Crippen LogP contribution in [0.4, 0.5) is 0 Å². The summed E-state index contributed by atoms with van der Waals surface area (Å²) >= 11 is 0. The molecule has 1 aliphatic heterocycles. The number of carbonyl (C=O) groups excluding carboxylic acids is 3. The number of nitrogens with two attached hydrogens (primary N) is 1. The molecule has 1 saturated heterocycles. The number of carbonyl (C=O) groups is 3. The Morgan fingerprint density at radius 2 is 1.90 bits per heavy atom. The van der Waals surface area contributed by atoms with Crippen LogP contribution in [0.5, 0.6) is 5.75 Å². The number of rotatable bonds is 8. The van der Waals surface area contributed by atoms with Gasteiger partial charge in [-0.05, 0) is 43.9 Å². The molecule has 160 valence electrons. The molecule has 1 aliphatic rings. The average Bonchev–Trinajstić information content (AvgIpc) is 3.14. The first-order valence-electron chi connectivity index (χ1n) is 9.85. The molecule has 0 aliphatic carbocycles. The van der Waals surface area contributed by atoms with E-state index >= 15 is 0 Å². The Hall–Kier alpha value is -2.61. The first-order chi connectivity index (χ1) is 13.8. The summed E-state index contributed by atoms with van der Waals surface area (Å²) < 4.78 is 10.1. The van der Waals surface area contributed by atoms with Gasteiger partial charge in [0, 0.05) is 13.0 Å². The standard InChI is InChI=1S/C21H31N3O5/c1-5-16(22)18(25)23-17(13-14-7-9-15(28-3)10-8-14)19(26)24-12-6-11-21(24,2)20(27)29-4/h7-10,16-17H,5-6,11-13,22H2,1-4H3,(H,23,25)/t16-,17-,21-/m0/s1. The maximum atomic E-state index is 13.4. The van der Waals surface area contributed by atoms with Crippen molar-refractivity contribution in [3.8, 4) is 5.75 Å². The number of nitrogens with zero attached hydrogens (tertiary/aromatic N) is 1. The molecule has 2 rings (SSSR count). The van der Waals surface area contributed by atoms with E-state index in [2.05, 4.69) is 5.32 Å². The summed E-state index contributed by atoms with van der Waals surface area (Å²) in [5.74, 6) is -0.462. The Labute approximate surface area is 171 Å². The SMILES string of the molecule is CC[C@H](N)C(=O)N[C@@H](Cc1ccc(OC)cc1)C(=O)N1CCC[C@@]1(C)C(=O)OC. The third-order valence-electron chi connectivity index (χ3n) is 5.52. The van der Waals surface area contributed by atoms with Gasteiger partial charge in [-0.15, -0.1) is 0 Å². The van der Waals surface area contributed by atoms with E-state index in [1.165, 1.54) is 12.0 Å². The molecule has 8 nitrogen and oxygen atoms in total. The van der Waals surface area contributed by atoms with Crippen molar-refractivity contribution >= 4 is 17.8 Å². The van der Waals surface area contributed by atoms with Crippen molar-refractivity contribution in [1.29, 1.82) is 0 Å². The minimum atomic E-state index is -1.04. The van der Waals surface area contributed by atoms with E-state index in [4.69, 9.17) is 15.2 Å². The highest BCUT2D eigenvalue weighted by atomic mass is 16.5. The van der Waals surface area contributed by atoms with Crippen molar-refractivity contribution in [1.82, 2.24) is 10.2 Å². The molecular formula is C21H31N3O5. The van der Waals surface area contributed by atoms with Crippen LogP contribution in [0.3, 0.4) is 0 Å². The topological polar surface area (TPSA) is 111 Å². The maximum absolute atomic E-state index is 13.4. The molecule has 2 amide bonds. The van der Waals surface area contributed by atoms with Crippen molar-refractivity contribution in [2.45, 2.75) is 57.2 Å². The molecule has 1 heterocycles. The largest absolute Gasteiger partial charge is 0.497 e. The van der Waals surface area contributed by atoms with Crippen molar-refractivity contribution < 1.29 is 23.9 Å². The minimum absolute atomic E-state index is 0.277. The lowest BCUT2D eigenvalue weighted by Gasteiger charge is -2.35. The molecule has 3 N–H and O–H groups in total. The zero-order valence-electron chi connectivity index (χ0n) is 17.6. The highest BCUT2D eigenvalue weighted by molar-refractivity contribution is 5.94. The van der Waals surface area contributed by atoms with Gasteiger partial charge >= 0.3 is 5.97 Å². The lowest BCUT2D eigenvalue weighted by Crippen LogP contribution is -2.59. The first-order valence-corrected chi connectivity index (χ1v) is 9.85. The Kier molecular flexibility index (Phi) is 7.61. The van der Waals surface area contributed by atoms with E-state index in [0.29, 0.717) is 31.6 Å². The smallest absolute Gasteiger partial charge is 0.331 e. The molecule has 8 heteroatoms. The van der Waals surface area contributed by atoms with Gasteiger partial charge in [-0.25, -0.2) is 4.79 Å². The predicted molar refractivity (Wildman–Crippen MR) is 108 cm³/mol. The van der Waals surface area contributed by atoms with E-state index in [1.807, 2.05) is 12.1 Å². The van der Waals surface area contributed by atoms with Gasteiger partial charge in [-0.2, -0.15) is 0 Å². The molecule has 0 saturated carbocycles. The van der Waals surface area contributed by atoms with Crippen LogP contribution in [-0.2, 0) is 25.5 Å². The maximum Gasteiger partial charge on any atom is 0.331 e. The number of hydrogen-bond acceptors (Lipinski definition) is 6. The van der Waals surface area contributed by atoms with Gasteiger partial charge in [0.05, 0.1) is 20.3 Å². The molecule has 3 atom stereocenters. The fourth-order valence-corrected chi connectivity index (χ4v) is 3.60. The van der Waals surface area contributed by atoms with E-state index < -0.39 is 29.5 Å². The van der Waals surface area contributed by atoms with Crippen LogP contribution in [0.1, 0.15) is 38.7 Å². The molecule has 1 aromatic carbocycles. The number of benzene rings is 1. The van der Waals surface area contributed by atoms with Gasteiger partial charge in [0.2, 0.25) is 11.8 Å². The van der Waals surface area contributed by atoms with E-state index in [0.717, 1.165) is 5.56 Å². The van der Waals surface area contributed by atoms with Crippen molar-refractivity contribution in [2.75, 3.05) is 20.8 Å². The summed E-state index contributed by atoms with van der Waals surface area (Å²) in [4.78, 5) is 39.7. The van der Waals surface area contributed by atoms with Gasteiger partial charge in [0.15, 0.2) is 0 Å². The van der Waals surface area contributed by atoms with Crippen LogP contribution < -0.4 is 15.8 Å². The van der Waals surface area contributed by atoms with Crippen LogP contribution in [-0.4, -0.2) is 61.1 Å². The number of esters is 1. The monoisotopic (exact) mass is 405 g/mol. The Balaban J connectivity index is 2.28. The molecule has 29 heavy (non-hydrogen) atoms. The average molecular weight is 405 g/mol. The second-order valence-corrected chi connectivity index (χ2v) is 7.49. The number of ether oxygens (including phenoxy) is 2. The fraction of sp³-hybridized carbons (Fsp3) is 0.571. The minimum Gasteiger partial charge on any atom is -0.497 e. The highest BCUT2D eigenvalue weighted by Crippen LogP contribution is 2.31. The molecule has 0 bridgehead atoms. The number of nitrogens with one attached hydrogen (secondary N) is 1. The van der Waals surface area contributed by atoms with Crippen molar-refractivity contribution in [3.63, 3.8) is 0 Å². The summed E-state index contributed by atoms with van der Waals surface area (Å²) in [6.45, 7) is 3.94. The summed E-state index contributed by atoms with van der Waals surface area (Å²) in [7, 11) is 2.89. The molecule has 0 unspecified atom stereocenters. The molecule has 0 aromatic heterocycles. The number of amides is 2. The van der Waals surface area contributed by atoms with E-state index in [-0.39, 0.29) is 12.3 Å². The zero-order chi connectivity index (χ0) is 21.6. The van der Waals surface area contributed by atoms with Crippen LogP contribution >= 0.6 is 0 Å². The third-order valence-corrected chi connectivity index (χ3v) is 5.52. The molecule has 0 radical (unpaired) electrons. The molecule has 1 aromatic rings. The summed E-state index contributed by atoms with van der Waals surface area (Å²) in [6, 6.07) is 5.74. The molecule has 0 spiro atoms. The normalized spacial score (nSPS) is 20.7. The van der Waals surface area contributed by atoms with Gasteiger partial charge < -0.3 is 25.4 Å². The molecular weight excluding hydrogens is 374 g/mol. The summed E-state index contributed by atoms with van der Waals surface area (Å²) in [6.07, 6.45) is 1.94. The predicted octanol–water partition coefficient (Wildman–Crippen LogP) is 1.01. The Morgan fingerprint density at radius 1 is 1.24 bits per heavy atom. The van der Waals surface area contributed by atoms with E-state index in [1.54, 1.807) is 33.1 Å². The third kappa shape index (κ3) is 5.06. The van der Waals surface area contributed by atoms with Crippen LogP contribution in [0, 0.1) is 0 Å². The quantitative estimate of drug-likeness (QED) is 0.625. The Bertz CT molecular complexity index is 736. The molecule has 1 fully saturated rings. The summed E-state index contributed by atoms with van der Waals surface area (Å²) in [5.41, 5.74) is 5.66. The lowest BCUT2D eigenvalue weighted by atomic mass is 9.97. The van der Waals surface area contributed by atoms with Crippen LogP contribution in [0.25, 0.3) is 0 Å². The van der Waals surface area contributed by atoms with Gasteiger partial charge in [-0.3, -0.25) is 9.59 Å². The second-order valence-electron chi connectivity index (χ2n) is 7.49. The van der Waals surface area contributed by atoms with Gasteiger partial charge in [0.1, 0.15) is 17.3 Å². The fourth-order valence-electron chi connectivity index (χ4n) is 3.60. The zero-order valence-corrected chi connectivity index (χ0v) is 17.6. The first kappa shape index (κ1) is 22.7. The lowest BCUT2D eigenvalue weighted by molar-refractivity contribution is -0.159. The van der Waals surface area contributed by atoms with Gasteiger partial charge in [-0.1, -0.05) is 19.1 Å². The van der Waals surface area contributed by atoms with Crippen molar-refractivity contribution in [2.24, 2.45) is 5.73 Å². The van der Waals surface area contributed by atoms with Gasteiger partial charge in [0.25, 0.3) is 0 Å².